The largest absolute Gasteiger partial charge is 0.475 e. The van der Waals surface area contributed by atoms with Gasteiger partial charge in [0.15, 0.2) is 0 Å². The quantitative estimate of drug-likeness (QED) is 0.529. The van der Waals surface area contributed by atoms with E-state index in [2.05, 4.69) is 32.7 Å². The Bertz CT molecular complexity index is 402. The lowest BCUT2D eigenvalue weighted by atomic mass is 9.91. The average molecular weight is 300 g/mol. The highest BCUT2D eigenvalue weighted by atomic mass is 35.5. The molecule has 114 valence electrons. The number of alkyl halides is 1. The predicted octanol–water partition coefficient (Wildman–Crippen LogP) is 4.31. The van der Waals surface area contributed by atoms with E-state index in [4.69, 9.17) is 21.1 Å². The molecule has 0 atom stereocenters. The molecular formula is C16H26ClNO2. The molecule has 3 nitrogen and oxygen atoms in total. The van der Waals surface area contributed by atoms with E-state index < -0.39 is 0 Å². The summed E-state index contributed by atoms with van der Waals surface area (Å²) in [5, 5.41) is 0. The van der Waals surface area contributed by atoms with Crippen molar-refractivity contribution in [1.82, 2.24) is 4.98 Å². The van der Waals surface area contributed by atoms with Crippen LogP contribution in [0.2, 0.25) is 0 Å². The lowest BCUT2D eigenvalue weighted by Gasteiger charge is -2.19. The fraction of sp³-hybridized carbons (Fsp3) is 0.688. The lowest BCUT2D eigenvalue weighted by molar-refractivity contribution is 0.0963. The maximum atomic E-state index is 5.93. The lowest BCUT2D eigenvalue weighted by Crippen LogP contribution is -2.15. The molecule has 0 N–H and O–H groups in total. The minimum absolute atomic E-state index is 0.0161. The van der Waals surface area contributed by atoms with Gasteiger partial charge in [0.1, 0.15) is 6.61 Å². The molecule has 0 saturated heterocycles. The molecule has 0 fully saturated rings. The fourth-order valence-corrected chi connectivity index (χ4v) is 1.80. The van der Waals surface area contributed by atoms with Gasteiger partial charge in [-0.2, -0.15) is 0 Å². The number of hydrogen-bond acceptors (Lipinski definition) is 3. The van der Waals surface area contributed by atoms with Crippen molar-refractivity contribution in [3.63, 3.8) is 0 Å². The number of ether oxygens (including phenoxy) is 2. The zero-order valence-electron chi connectivity index (χ0n) is 13.0. The van der Waals surface area contributed by atoms with Gasteiger partial charge in [-0.15, -0.1) is 11.6 Å². The van der Waals surface area contributed by atoms with E-state index in [9.17, 15) is 0 Å². The molecule has 1 heterocycles. The first kappa shape index (κ1) is 17.3. The molecule has 0 aliphatic rings. The van der Waals surface area contributed by atoms with Crippen molar-refractivity contribution in [2.24, 2.45) is 0 Å². The minimum Gasteiger partial charge on any atom is -0.475 e. The van der Waals surface area contributed by atoms with Crippen LogP contribution in [0.25, 0.3) is 0 Å². The summed E-state index contributed by atoms with van der Waals surface area (Å²) < 4.78 is 11.1. The summed E-state index contributed by atoms with van der Waals surface area (Å²) in [7, 11) is 0. The zero-order chi connectivity index (χ0) is 15.0. The minimum atomic E-state index is -0.0161. The molecule has 0 aromatic carbocycles. The van der Waals surface area contributed by atoms with Crippen molar-refractivity contribution in [1.29, 1.82) is 0 Å². The maximum absolute atomic E-state index is 5.93. The van der Waals surface area contributed by atoms with Gasteiger partial charge in [0.05, 0.1) is 12.3 Å². The van der Waals surface area contributed by atoms with Crippen molar-refractivity contribution in [3.05, 3.63) is 23.4 Å². The molecule has 0 spiro atoms. The third kappa shape index (κ3) is 6.10. The van der Waals surface area contributed by atoms with E-state index in [1.54, 1.807) is 0 Å². The Labute approximate surface area is 127 Å². The molecule has 0 amide bonds. The van der Waals surface area contributed by atoms with E-state index in [-0.39, 0.29) is 5.41 Å². The standard InChI is InChI=1S/C16H26ClNO2/c1-5-6-7-19-8-9-20-15-11-13(12-17)10-14(18-15)16(2,3)4/h10-11H,5-9,12H2,1-4H3. The molecule has 20 heavy (non-hydrogen) atoms. The van der Waals surface area contributed by atoms with Crippen molar-refractivity contribution < 1.29 is 9.47 Å². The third-order valence-corrected chi connectivity index (χ3v) is 3.21. The smallest absolute Gasteiger partial charge is 0.213 e. The second-order valence-electron chi connectivity index (χ2n) is 5.90. The van der Waals surface area contributed by atoms with Crippen LogP contribution in [0.1, 0.15) is 51.8 Å². The number of rotatable bonds is 8. The normalized spacial score (nSPS) is 11.7. The molecule has 0 aliphatic heterocycles. The van der Waals surface area contributed by atoms with Crippen LogP contribution in [-0.4, -0.2) is 24.8 Å². The van der Waals surface area contributed by atoms with E-state index in [1.165, 1.54) is 0 Å². The van der Waals surface area contributed by atoms with Gasteiger partial charge >= 0.3 is 0 Å². The van der Waals surface area contributed by atoms with Crippen LogP contribution in [0.3, 0.4) is 0 Å². The highest BCUT2D eigenvalue weighted by Gasteiger charge is 2.17. The van der Waals surface area contributed by atoms with Gasteiger partial charge in [-0.1, -0.05) is 34.1 Å². The molecule has 1 aromatic heterocycles. The molecule has 0 aliphatic carbocycles. The molecule has 1 rings (SSSR count). The number of unbranched alkanes of at least 4 members (excludes halogenated alkanes) is 1. The Morgan fingerprint density at radius 1 is 1.15 bits per heavy atom. The first-order valence-electron chi connectivity index (χ1n) is 7.25. The predicted molar refractivity (Wildman–Crippen MR) is 83.7 cm³/mol. The molecule has 0 bridgehead atoms. The Balaban J connectivity index is 2.56. The van der Waals surface area contributed by atoms with E-state index >= 15 is 0 Å². The summed E-state index contributed by atoms with van der Waals surface area (Å²) >= 11 is 5.93. The first-order chi connectivity index (χ1) is 9.47. The van der Waals surface area contributed by atoms with Gasteiger partial charge < -0.3 is 9.47 Å². The van der Waals surface area contributed by atoms with Crippen LogP contribution in [-0.2, 0) is 16.0 Å². The maximum Gasteiger partial charge on any atom is 0.213 e. The second kappa shape index (κ2) is 8.48. The van der Waals surface area contributed by atoms with Crippen LogP contribution in [0.5, 0.6) is 5.88 Å². The first-order valence-corrected chi connectivity index (χ1v) is 7.78. The van der Waals surface area contributed by atoms with Gasteiger partial charge in [0.2, 0.25) is 5.88 Å². The number of nitrogens with zero attached hydrogens (tertiary/aromatic N) is 1. The summed E-state index contributed by atoms with van der Waals surface area (Å²) in [6.45, 7) is 10.4. The van der Waals surface area contributed by atoms with Crippen LogP contribution in [0, 0.1) is 0 Å². The van der Waals surface area contributed by atoms with Crippen molar-refractivity contribution >= 4 is 11.6 Å². The monoisotopic (exact) mass is 299 g/mol. The van der Waals surface area contributed by atoms with Crippen LogP contribution >= 0.6 is 11.6 Å². The topological polar surface area (TPSA) is 31.4 Å². The summed E-state index contributed by atoms with van der Waals surface area (Å²) in [4.78, 5) is 4.55. The van der Waals surface area contributed by atoms with Crippen molar-refractivity contribution in [3.8, 4) is 5.88 Å². The number of halogens is 1. The fourth-order valence-electron chi connectivity index (χ4n) is 1.65. The SMILES string of the molecule is CCCCOCCOc1cc(CCl)cc(C(C)(C)C)n1. The molecule has 1 aromatic rings. The van der Waals surface area contributed by atoms with Gasteiger partial charge in [-0.05, 0) is 18.1 Å². The van der Waals surface area contributed by atoms with Gasteiger partial charge in [0.25, 0.3) is 0 Å². The van der Waals surface area contributed by atoms with Crippen LogP contribution < -0.4 is 4.74 Å². The zero-order valence-corrected chi connectivity index (χ0v) is 13.8. The number of aromatic nitrogens is 1. The number of hydrogen-bond donors (Lipinski definition) is 0. The molecule has 0 radical (unpaired) electrons. The second-order valence-corrected chi connectivity index (χ2v) is 6.16. The third-order valence-electron chi connectivity index (χ3n) is 2.90. The Morgan fingerprint density at radius 3 is 2.50 bits per heavy atom. The van der Waals surface area contributed by atoms with Crippen LogP contribution in [0.15, 0.2) is 12.1 Å². The summed E-state index contributed by atoms with van der Waals surface area (Å²) in [6.07, 6.45) is 2.24. The Hall–Kier alpha value is -0.800. The van der Waals surface area contributed by atoms with E-state index in [1.807, 2.05) is 12.1 Å². The molecule has 0 saturated carbocycles. The summed E-state index contributed by atoms with van der Waals surface area (Å²) in [5.74, 6) is 1.10. The summed E-state index contributed by atoms with van der Waals surface area (Å²) in [6, 6.07) is 3.94. The van der Waals surface area contributed by atoms with E-state index in [0.29, 0.717) is 25.0 Å². The Kier molecular flexibility index (Phi) is 7.31. The van der Waals surface area contributed by atoms with Gasteiger partial charge in [-0.3, -0.25) is 0 Å². The van der Waals surface area contributed by atoms with Gasteiger partial charge in [-0.25, -0.2) is 4.98 Å². The van der Waals surface area contributed by atoms with E-state index in [0.717, 1.165) is 30.7 Å². The molecule has 0 unspecified atom stereocenters. The number of pyridine rings is 1. The Morgan fingerprint density at radius 2 is 1.90 bits per heavy atom. The van der Waals surface area contributed by atoms with Crippen molar-refractivity contribution in [2.75, 3.05) is 19.8 Å². The van der Waals surface area contributed by atoms with Crippen molar-refractivity contribution in [2.45, 2.75) is 51.8 Å². The highest BCUT2D eigenvalue weighted by Crippen LogP contribution is 2.24. The van der Waals surface area contributed by atoms with Crippen LogP contribution in [0.4, 0.5) is 0 Å². The highest BCUT2D eigenvalue weighted by molar-refractivity contribution is 6.17. The summed E-state index contributed by atoms with van der Waals surface area (Å²) in [5.41, 5.74) is 2.02. The molecular weight excluding hydrogens is 274 g/mol. The molecule has 4 heteroatoms. The van der Waals surface area contributed by atoms with Gasteiger partial charge in [0, 0.05) is 24.0 Å². The average Bonchev–Trinajstić information content (AvgIpc) is 2.41.